The van der Waals surface area contributed by atoms with E-state index in [0.29, 0.717) is 25.9 Å². The van der Waals surface area contributed by atoms with Crippen LogP contribution in [-0.4, -0.2) is 53.3 Å². The molecule has 2 aliphatic rings. The first-order valence-corrected chi connectivity index (χ1v) is 5.32. The molecule has 0 aromatic rings. The van der Waals surface area contributed by atoms with Crippen molar-refractivity contribution in [3.05, 3.63) is 0 Å². The maximum atomic E-state index is 11.9. The normalized spacial score (nSPS) is 23.9. The van der Waals surface area contributed by atoms with Gasteiger partial charge in [0.05, 0.1) is 0 Å². The Morgan fingerprint density at radius 1 is 1.31 bits per heavy atom. The molecule has 4 amide bonds. The van der Waals surface area contributed by atoms with E-state index >= 15 is 0 Å². The van der Waals surface area contributed by atoms with Crippen molar-refractivity contribution in [3.63, 3.8) is 0 Å². The minimum absolute atomic E-state index is 0.0139. The number of carbonyl (C=O) groups is 3. The molecule has 0 radical (unpaired) electrons. The number of hydrogen-bond donors (Lipinski definition) is 1. The van der Waals surface area contributed by atoms with E-state index in [9.17, 15) is 14.4 Å². The average molecular weight is 225 g/mol. The summed E-state index contributed by atoms with van der Waals surface area (Å²) in [4.78, 5) is 37.3. The van der Waals surface area contributed by atoms with E-state index in [1.165, 1.54) is 14.0 Å². The molecule has 88 valence electrons. The van der Waals surface area contributed by atoms with E-state index in [0.717, 1.165) is 4.90 Å². The summed E-state index contributed by atoms with van der Waals surface area (Å²) < 4.78 is 0. The van der Waals surface area contributed by atoms with Gasteiger partial charge >= 0.3 is 6.03 Å². The highest BCUT2D eigenvalue weighted by atomic mass is 16.2. The minimum atomic E-state index is -0.766. The van der Waals surface area contributed by atoms with Crippen LogP contribution in [0.25, 0.3) is 0 Å². The van der Waals surface area contributed by atoms with Gasteiger partial charge in [-0.15, -0.1) is 0 Å². The van der Waals surface area contributed by atoms with Crippen molar-refractivity contribution in [2.24, 2.45) is 0 Å². The molecule has 1 N–H and O–H groups in total. The number of urea groups is 1. The van der Waals surface area contributed by atoms with Gasteiger partial charge in [-0.1, -0.05) is 0 Å². The number of piperidine rings is 1. The van der Waals surface area contributed by atoms with E-state index in [-0.39, 0.29) is 17.8 Å². The molecule has 0 aliphatic carbocycles. The molecule has 0 bridgehead atoms. The van der Waals surface area contributed by atoms with Crippen LogP contribution in [0.15, 0.2) is 0 Å². The van der Waals surface area contributed by atoms with Crippen molar-refractivity contribution in [1.29, 1.82) is 0 Å². The third-order valence-electron chi connectivity index (χ3n) is 3.43. The second-order valence-corrected chi connectivity index (χ2v) is 4.38. The number of hydrogen-bond acceptors (Lipinski definition) is 3. The number of nitrogens with zero attached hydrogens (tertiary/aromatic N) is 2. The van der Waals surface area contributed by atoms with E-state index in [1.54, 1.807) is 4.90 Å². The molecule has 2 saturated heterocycles. The number of carbonyl (C=O) groups excluding carboxylic acids is 3. The molecule has 1 spiro atoms. The molecule has 2 rings (SSSR count). The SMILES string of the molecule is CC(=O)N1CCC2(CC1)NC(=O)N(C)C2=O. The Kier molecular flexibility index (Phi) is 2.36. The van der Waals surface area contributed by atoms with Crippen LogP contribution < -0.4 is 5.32 Å². The zero-order valence-electron chi connectivity index (χ0n) is 9.45. The maximum Gasteiger partial charge on any atom is 0.324 e. The fourth-order valence-corrected chi connectivity index (χ4v) is 2.30. The van der Waals surface area contributed by atoms with Crippen molar-refractivity contribution < 1.29 is 14.4 Å². The topological polar surface area (TPSA) is 69.7 Å². The number of likely N-dealkylation sites (tertiary alicyclic amines) is 1. The van der Waals surface area contributed by atoms with Gasteiger partial charge in [-0.05, 0) is 12.8 Å². The van der Waals surface area contributed by atoms with Crippen LogP contribution in [0.1, 0.15) is 19.8 Å². The molecule has 0 atom stereocenters. The van der Waals surface area contributed by atoms with Crippen molar-refractivity contribution in [2.45, 2.75) is 25.3 Å². The highest BCUT2D eigenvalue weighted by Crippen LogP contribution is 2.28. The number of rotatable bonds is 0. The molecule has 0 aromatic carbocycles. The van der Waals surface area contributed by atoms with Gasteiger partial charge in [0.25, 0.3) is 5.91 Å². The molecular formula is C10H15N3O3. The fourth-order valence-electron chi connectivity index (χ4n) is 2.30. The Bertz CT molecular complexity index is 358. The monoisotopic (exact) mass is 225 g/mol. The zero-order chi connectivity index (χ0) is 11.9. The van der Waals surface area contributed by atoms with Crippen LogP contribution in [0.3, 0.4) is 0 Å². The summed E-state index contributed by atoms with van der Waals surface area (Å²) in [5.74, 6) is -0.166. The first kappa shape index (κ1) is 10.9. The zero-order valence-corrected chi connectivity index (χ0v) is 9.45. The lowest BCUT2D eigenvalue weighted by Gasteiger charge is -2.36. The van der Waals surface area contributed by atoms with Crippen LogP contribution in [0.5, 0.6) is 0 Å². The Morgan fingerprint density at radius 3 is 2.25 bits per heavy atom. The molecule has 2 fully saturated rings. The van der Waals surface area contributed by atoms with Gasteiger partial charge in [-0.25, -0.2) is 4.79 Å². The van der Waals surface area contributed by atoms with Crippen molar-refractivity contribution >= 4 is 17.8 Å². The van der Waals surface area contributed by atoms with Gasteiger partial charge < -0.3 is 10.2 Å². The largest absolute Gasteiger partial charge is 0.343 e. The van der Waals surface area contributed by atoms with E-state index in [1.807, 2.05) is 0 Å². The molecular weight excluding hydrogens is 210 g/mol. The number of nitrogens with one attached hydrogen (secondary N) is 1. The highest BCUT2D eigenvalue weighted by Gasteiger charge is 2.51. The summed E-state index contributed by atoms with van der Waals surface area (Å²) in [7, 11) is 1.48. The quantitative estimate of drug-likeness (QED) is 0.568. The molecule has 2 aliphatic heterocycles. The minimum Gasteiger partial charge on any atom is -0.343 e. The summed E-state index contributed by atoms with van der Waals surface area (Å²) in [6, 6.07) is -0.346. The van der Waals surface area contributed by atoms with Gasteiger partial charge in [-0.3, -0.25) is 14.5 Å². The lowest BCUT2D eigenvalue weighted by atomic mass is 9.87. The fraction of sp³-hybridized carbons (Fsp3) is 0.700. The predicted molar refractivity (Wildman–Crippen MR) is 55.5 cm³/mol. The third-order valence-corrected chi connectivity index (χ3v) is 3.43. The lowest BCUT2D eigenvalue weighted by Crippen LogP contribution is -2.55. The molecule has 16 heavy (non-hydrogen) atoms. The second-order valence-electron chi connectivity index (χ2n) is 4.38. The summed E-state index contributed by atoms with van der Waals surface area (Å²) in [5, 5.41) is 2.73. The lowest BCUT2D eigenvalue weighted by molar-refractivity contribution is -0.136. The standard InChI is InChI=1S/C10H15N3O3/c1-7(14)13-5-3-10(4-6-13)8(15)12(2)9(16)11-10/h3-6H2,1-2H3,(H,11,16). The van der Waals surface area contributed by atoms with Crippen LogP contribution in [0.2, 0.25) is 0 Å². The third kappa shape index (κ3) is 1.45. The van der Waals surface area contributed by atoms with Crippen molar-refractivity contribution in [3.8, 4) is 0 Å². The Labute approximate surface area is 93.6 Å². The van der Waals surface area contributed by atoms with Crippen molar-refractivity contribution in [2.75, 3.05) is 20.1 Å². The number of amides is 4. The van der Waals surface area contributed by atoms with Gasteiger partial charge in [0.1, 0.15) is 5.54 Å². The van der Waals surface area contributed by atoms with Crippen molar-refractivity contribution in [1.82, 2.24) is 15.1 Å². The van der Waals surface area contributed by atoms with E-state index in [2.05, 4.69) is 5.32 Å². The summed E-state index contributed by atoms with van der Waals surface area (Å²) in [6.45, 7) is 2.56. The first-order valence-electron chi connectivity index (χ1n) is 5.32. The molecule has 0 unspecified atom stereocenters. The van der Waals surface area contributed by atoms with Gasteiger partial charge in [0, 0.05) is 27.1 Å². The number of imide groups is 1. The smallest absolute Gasteiger partial charge is 0.324 e. The molecule has 6 nitrogen and oxygen atoms in total. The van der Waals surface area contributed by atoms with Gasteiger partial charge in [0.15, 0.2) is 0 Å². The molecule has 2 heterocycles. The van der Waals surface area contributed by atoms with Gasteiger partial charge in [-0.2, -0.15) is 0 Å². The predicted octanol–water partition coefficient (Wildman–Crippen LogP) is -0.451. The van der Waals surface area contributed by atoms with Crippen LogP contribution in [-0.2, 0) is 9.59 Å². The molecule has 0 aromatic heterocycles. The van der Waals surface area contributed by atoms with Crippen LogP contribution in [0, 0.1) is 0 Å². The van der Waals surface area contributed by atoms with E-state index < -0.39 is 5.54 Å². The second kappa shape index (κ2) is 3.47. The van der Waals surface area contributed by atoms with E-state index in [4.69, 9.17) is 0 Å². The Balaban J connectivity index is 2.11. The Morgan fingerprint density at radius 2 is 1.88 bits per heavy atom. The molecule has 6 heteroatoms. The maximum absolute atomic E-state index is 11.9. The first-order chi connectivity index (χ1) is 7.46. The summed E-state index contributed by atoms with van der Waals surface area (Å²) in [5.41, 5.74) is -0.766. The Hall–Kier alpha value is -1.59. The average Bonchev–Trinajstić information content (AvgIpc) is 2.45. The summed E-state index contributed by atoms with van der Waals surface area (Å²) in [6.07, 6.45) is 1.00. The highest BCUT2D eigenvalue weighted by molar-refractivity contribution is 6.06. The van der Waals surface area contributed by atoms with Crippen LogP contribution >= 0.6 is 0 Å². The van der Waals surface area contributed by atoms with Crippen LogP contribution in [0.4, 0.5) is 4.79 Å². The molecule has 0 saturated carbocycles. The van der Waals surface area contributed by atoms with Gasteiger partial charge in [0.2, 0.25) is 5.91 Å². The summed E-state index contributed by atoms with van der Waals surface area (Å²) >= 11 is 0. The number of likely N-dealkylation sites (N-methyl/N-ethyl adjacent to an activating group) is 1.